The Morgan fingerprint density at radius 2 is 2.18 bits per heavy atom. The summed E-state index contributed by atoms with van der Waals surface area (Å²) in [5.41, 5.74) is 9.50. The second-order valence-corrected chi connectivity index (χ2v) is 6.68. The Morgan fingerprint density at radius 1 is 1.43 bits per heavy atom. The third-order valence-corrected chi connectivity index (χ3v) is 4.82. The molecule has 1 saturated heterocycles. The maximum Gasteiger partial charge on any atom is 0.250 e. The van der Waals surface area contributed by atoms with E-state index in [1.165, 1.54) is 6.21 Å². The number of nitrogens with two attached hydrogens (primary N) is 1. The number of alkyl halides is 1. The van der Waals surface area contributed by atoms with Crippen LogP contribution in [-0.4, -0.2) is 55.3 Å². The van der Waals surface area contributed by atoms with Crippen LogP contribution in [0.15, 0.2) is 57.7 Å². The Kier molecular flexibility index (Phi) is 6.36. The molecule has 3 rings (SSSR count). The van der Waals surface area contributed by atoms with Crippen LogP contribution < -0.4 is 5.73 Å². The van der Waals surface area contributed by atoms with E-state index < -0.39 is 12.4 Å². The van der Waals surface area contributed by atoms with Crippen LogP contribution in [0.2, 0.25) is 0 Å². The summed E-state index contributed by atoms with van der Waals surface area (Å²) in [5.74, 6) is -0.0693. The largest absolute Gasteiger partial charge is 0.399 e. The van der Waals surface area contributed by atoms with Crippen LogP contribution in [0.25, 0.3) is 0 Å². The minimum absolute atomic E-state index is 0.0234. The third kappa shape index (κ3) is 4.36. The van der Waals surface area contributed by atoms with Crippen LogP contribution in [0.3, 0.4) is 0 Å². The molecule has 2 N–H and O–H groups in total. The lowest BCUT2D eigenvalue weighted by atomic mass is 10.0. The van der Waals surface area contributed by atoms with E-state index in [0.29, 0.717) is 30.1 Å². The van der Waals surface area contributed by atoms with Crippen LogP contribution in [0, 0.1) is 0 Å². The monoisotopic (exact) mass is 384 g/mol. The minimum Gasteiger partial charge on any atom is -0.399 e. The average Bonchev–Trinajstić information content (AvgIpc) is 3.06. The second-order valence-electron chi connectivity index (χ2n) is 6.68. The Labute approximate surface area is 164 Å². The zero-order valence-corrected chi connectivity index (χ0v) is 16.1. The molecule has 2 aliphatic rings. The van der Waals surface area contributed by atoms with Gasteiger partial charge in [0.1, 0.15) is 12.8 Å². The van der Waals surface area contributed by atoms with Crippen LogP contribution in [0.5, 0.6) is 0 Å². The number of ether oxygens (including phenoxy) is 1. The quantitative estimate of drug-likeness (QED) is 0.605. The van der Waals surface area contributed by atoms with Gasteiger partial charge in [-0.2, -0.15) is 0 Å². The molecule has 28 heavy (non-hydrogen) atoms. The van der Waals surface area contributed by atoms with E-state index in [-0.39, 0.29) is 18.9 Å². The predicted octanol–water partition coefficient (Wildman–Crippen LogP) is 2.71. The summed E-state index contributed by atoms with van der Waals surface area (Å²) >= 11 is 0. The summed E-state index contributed by atoms with van der Waals surface area (Å²) in [6.07, 6.45) is 4.23. The van der Waals surface area contributed by atoms with Crippen molar-refractivity contribution in [1.29, 1.82) is 0 Å². The summed E-state index contributed by atoms with van der Waals surface area (Å²) in [5, 5.41) is 0. The normalized spacial score (nSPS) is 23.3. The Hall–Kier alpha value is -2.80. The Bertz CT molecular complexity index is 842. The Balaban J connectivity index is 1.77. The molecular weight excluding hydrogens is 359 g/mol. The van der Waals surface area contributed by atoms with Crippen molar-refractivity contribution < 1.29 is 13.9 Å². The summed E-state index contributed by atoms with van der Waals surface area (Å²) < 4.78 is 19.2. The fourth-order valence-corrected chi connectivity index (χ4v) is 3.33. The van der Waals surface area contributed by atoms with Gasteiger partial charge in [0.15, 0.2) is 6.23 Å². The zero-order valence-electron chi connectivity index (χ0n) is 16.1. The number of benzene rings is 1. The van der Waals surface area contributed by atoms with E-state index in [9.17, 15) is 9.18 Å². The number of carbonyl (C=O) groups is 1. The van der Waals surface area contributed by atoms with Gasteiger partial charge in [0.05, 0.1) is 11.4 Å². The highest BCUT2D eigenvalue weighted by atomic mass is 19.1. The van der Waals surface area contributed by atoms with E-state index in [4.69, 9.17) is 10.5 Å². The molecule has 1 aromatic rings. The van der Waals surface area contributed by atoms with Gasteiger partial charge in [0.2, 0.25) is 0 Å². The zero-order chi connectivity index (χ0) is 20.1. The van der Waals surface area contributed by atoms with E-state index >= 15 is 0 Å². The van der Waals surface area contributed by atoms with Gasteiger partial charge in [0.25, 0.3) is 5.91 Å². The number of nitrogen functional groups attached to an aromatic ring is 1. The average molecular weight is 384 g/mol. The number of nitrogens with zero attached hydrogens (tertiary/aromatic N) is 3. The van der Waals surface area contributed by atoms with Crippen molar-refractivity contribution >= 4 is 23.5 Å². The number of carbonyl (C=O) groups excluding carboxylic acids is 1. The van der Waals surface area contributed by atoms with Gasteiger partial charge < -0.3 is 15.4 Å². The molecule has 0 radical (unpaired) electrons. The molecule has 0 bridgehead atoms. The summed E-state index contributed by atoms with van der Waals surface area (Å²) in [7, 11) is 1.66. The summed E-state index contributed by atoms with van der Waals surface area (Å²) in [4.78, 5) is 22.7. The van der Waals surface area contributed by atoms with Gasteiger partial charge in [-0.25, -0.2) is 4.39 Å². The summed E-state index contributed by atoms with van der Waals surface area (Å²) in [6.45, 7) is 2.40. The third-order valence-electron chi connectivity index (χ3n) is 4.82. The number of allylic oxidation sites excluding steroid dienone is 3. The van der Waals surface area contributed by atoms with Gasteiger partial charge in [-0.1, -0.05) is 24.3 Å². The molecule has 1 fully saturated rings. The molecule has 0 aromatic heterocycles. The number of rotatable bonds is 6. The van der Waals surface area contributed by atoms with E-state index in [2.05, 4.69) is 9.98 Å². The first-order chi connectivity index (χ1) is 13.5. The number of halogens is 1. The van der Waals surface area contributed by atoms with Crippen molar-refractivity contribution in [3.8, 4) is 0 Å². The molecule has 2 unspecified atom stereocenters. The lowest BCUT2D eigenvalue weighted by Gasteiger charge is -2.27. The molecule has 0 spiro atoms. The number of aliphatic imine (C=N–C) groups is 2. The van der Waals surface area contributed by atoms with Crippen molar-refractivity contribution in [2.24, 2.45) is 9.98 Å². The first kappa shape index (κ1) is 19.9. The van der Waals surface area contributed by atoms with E-state index in [1.54, 1.807) is 18.0 Å². The molecule has 2 heterocycles. The molecule has 2 atom stereocenters. The maximum absolute atomic E-state index is 13.4. The molecule has 7 heteroatoms. The fraction of sp³-hybridized carbons (Fsp3) is 0.381. The van der Waals surface area contributed by atoms with Crippen LogP contribution in [-0.2, 0) is 16.0 Å². The first-order valence-corrected chi connectivity index (χ1v) is 9.31. The van der Waals surface area contributed by atoms with Crippen LogP contribution >= 0.6 is 0 Å². The number of anilines is 1. The highest BCUT2D eigenvalue weighted by Gasteiger charge is 2.36. The first-order valence-electron chi connectivity index (χ1n) is 9.31. The smallest absolute Gasteiger partial charge is 0.250 e. The minimum atomic E-state index is -1.07. The van der Waals surface area contributed by atoms with Crippen LogP contribution in [0.4, 0.5) is 10.1 Å². The van der Waals surface area contributed by atoms with Gasteiger partial charge in [-0.05, 0) is 31.0 Å². The SMILES string of the molecule is C/C=C(\C(=NC)C1=CCC(F)C=N1)C1OCC(=O)N1CCc1ccc(N)cc1. The van der Waals surface area contributed by atoms with Crippen molar-refractivity contribution in [2.75, 3.05) is 25.9 Å². The molecular formula is C21H25FN4O2. The van der Waals surface area contributed by atoms with Crippen molar-refractivity contribution in [3.05, 3.63) is 53.3 Å². The standard InChI is InChI=1S/C21H25FN4O2/c1-3-17(20(24-2)18-9-6-15(22)12-25-18)21-26(19(27)13-28-21)11-10-14-4-7-16(23)8-5-14/h3-5,7-9,12,15,21H,6,10-11,13,23H2,1-2H3/b17-3+,24-20?. The molecule has 1 aromatic carbocycles. The number of hydrogen-bond acceptors (Lipinski definition) is 5. The van der Waals surface area contributed by atoms with Crippen molar-refractivity contribution in [3.63, 3.8) is 0 Å². The highest BCUT2D eigenvalue weighted by Crippen LogP contribution is 2.25. The molecule has 0 aliphatic carbocycles. The Morgan fingerprint density at radius 3 is 2.79 bits per heavy atom. The van der Waals surface area contributed by atoms with Gasteiger partial charge in [0, 0.05) is 37.5 Å². The second kappa shape index (κ2) is 8.93. The lowest BCUT2D eigenvalue weighted by molar-refractivity contribution is -0.127. The van der Waals surface area contributed by atoms with E-state index in [0.717, 1.165) is 11.1 Å². The number of amides is 1. The molecule has 148 valence electrons. The summed E-state index contributed by atoms with van der Waals surface area (Å²) in [6, 6.07) is 7.60. The molecule has 2 aliphatic heterocycles. The predicted molar refractivity (Wildman–Crippen MR) is 109 cm³/mol. The lowest BCUT2D eigenvalue weighted by Crippen LogP contribution is -2.39. The van der Waals surface area contributed by atoms with E-state index in [1.807, 2.05) is 37.3 Å². The maximum atomic E-state index is 13.4. The van der Waals surface area contributed by atoms with Crippen molar-refractivity contribution in [2.45, 2.75) is 32.2 Å². The highest BCUT2D eigenvalue weighted by molar-refractivity contribution is 6.14. The number of hydrogen-bond donors (Lipinski definition) is 1. The molecule has 0 saturated carbocycles. The topological polar surface area (TPSA) is 80.3 Å². The van der Waals surface area contributed by atoms with Crippen LogP contribution in [0.1, 0.15) is 18.9 Å². The van der Waals surface area contributed by atoms with Gasteiger partial charge in [-0.3, -0.25) is 14.8 Å². The fourth-order valence-electron chi connectivity index (χ4n) is 3.33. The van der Waals surface area contributed by atoms with Gasteiger partial charge >= 0.3 is 0 Å². The molecule has 1 amide bonds. The van der Waals surface area contributed by atoms with Gasteiger partial charge in [-0.15, -0.1) is 0 Å². The molecule has 6 nitrogen and oxygen atoms in total. The van der Waals surface area contributed by atoms with Crippen molar-refractivity contribution in [1.82, 2.24) is 4.90 Å².